The second-order valence-electron chi connectivity index (χ2n) is 4.86. The summed E-state index contributed by atoms with van der Waals surface area (Å²) in [6.07, 6.45) is 4.68. The van der Waals surface area contributed by atoms with Gasteiger partial charge in [0.05, 0.1) is 4.24 Å². The summed E-state index contributed by atoms with van der Waals surface area (Å²) in [4.78, 5) is 2.78. The lowest BCUT2D eigenvalue weighted by Crippen LogP contribution is -1.92. The van der Waals surface area contributed by atoms with Crippen molar-refractivity contribution in [3.05, 3.63) is 57.4 Å². The second-order valence-corrected chi connectivity index (χ2v) is 7.29. The summed E-state index contributed by atoms with van der Waals surface area (Å²) in [6.45, 7) is 6.77. The van der Waals surface area contributed by atoms with E-state index >= 15 is 0 Å². The van der Waals surface area contributed by atoms with Gasteiger partial charge in [-0.25, -0.2) is 0 Å². The van der Waals surface area contributed by atoms with Crippen molar-refractivity contribution in [2.75, 3.05) is 0 Å². The number of fused-ring (bicyclic) bond motifs is 1. The Balaban J connectivity index is 1.89. The highest BCUT2D eigenvalue weighted by atomic mass is 32.2. The molecule has 1 aliphatic carbocycles. The molecule has 1 atom stereocenters. The SMILES string of the molecule is CC1=CC(C=C2Sc3ccccc3S2)=C(C)C1C. The van der Waals surface area contributed by atoms with Gasteiger partial charge in [0.15, 0.2) is 0 Å². The molecule has 0 aromatic heterocycles. The van der Waals surface area contributed by atoms with E-state index in [0.29, 0.717) is 5.92 Å². The summed E-state index contributed by atoms with van der Waals surface area (Å²) >= 11 is 3.78. The fourth-order valence-electron chi connectivity index (χ4n) is 2.27. The van der Waals surface area contributed by atoms with Gasteiger partial charge >= 0.3 is 0 Å². The summed E-state index contributed by atoms with van der Waals surface area (Å²) in [5, 5.41) is 0. The molecule has 0 nitrogen and oxygen atoms in total. The van der Waals surface area contributed by atoms with E-state index in [-0.39, 0.29) is 0 Å². The van der Waals surface area contributed by atoms with Gasteiger partial charge in [-0.3, -0.25) is 0 Å². The van der Waals surface area contributed by atoms with Crippen LogP contribution in [0.1, 0.15) is 20.8 Å². The molecule has 3 rings (SSSR count). The van der Waals surface area contributed by atoms with Gasteiger partial charge in [-0.2, -0.15) is 0 Å². The highest BCUT2D eigenvalue weighted by Gasteiger charge is 2.20. The summed E-state index contributed by atoms with van der Waals surface area (Å²) in [6, 6.07) is 8.63. The predicted molar refractivity (Wildman–Crippen MR) is 81.9 cm³/mol. The van der Waals surface area contributed by atoms with Gasteiger partial charge in [-0.15, -0.1) is 0 Å². The molecular formula is C16H16S2. The van der Waals surface area contributed by atoms with Crippen LogP contribution in [0.15, 0.2) is 67.2 Å². The molecule has 2 heteroatoms. The number of hydrogen-bond acceptors (Lipinski definition) is 2. The minimum Gasteiger partial charge on any atom is -0.0815 e. The van der Waals surface area contributed by atoms with Gasteiger partial charge in [0.25, 0.3) is 0 Å². The van der Waals surface area contributed by atoms with Crippen LogP contribution >= 0.6 is 23.5 Å². The van der Waals surface area contributed by atoms with E-state index in [1.54, 1.807) is 0 Å². The highest BCUT2D eigenvalue weighted by molar-refractivity contribution is 8.24. The number of benzene rings is 1. The molecule has 92 valence electrons. The van der Waals surface area contributed by atoms with Crippen LogP contribution in [0.25, 0.3) is 0 Å². The Kier molecular flexibility index (Phi) is 3.16. The zero-order valence-electron chi connectivity index (χ0n) is 10.9. The van der Waals surface area contributed by atoms with Gasteiger partial charge in [0, 0.05) is 9.79 Å². The molecule has 0 saturated heterocycles. The minimum absolute atomic E-state index is 0.607. The van der Waals surface area contributed by atoms with E-state index in [9.17, 15) is 0 Å². The molecule has 0 bridgehead atoms. The van der Waals surface area contributed by atoms with Crippen molar-refractivity contribution in [1.29, 1.82) is 0 Å². The fraction of sp³-hybridized carbons (Fsp3) is 0.250. The van der Waals surface area contributed by atoms with Gasteiger partial charge in [0.2, 0.25) is 0 Å². The first kappa shape index (κ1) is 12.2. The van der Waals surface area contributed by atoms with Crippen molar-refractivity contribution in [2.45, 2.75) is 30.6 Å². The number of hydrogen-bond donors (Lipinski definition) is 0. The van der Waals surface area contributed by atoms with E-state index in [4.69, 9.17) is 0 Å². The quantitative estimate of drug-likeness (QED) is 0.649. The van der Waals surface area contributed by atoms with E-state index in [1.165, 1.54) is 30.7 Å². The molecule has 1 aromatic rings. The molecule has 0 N–H and O–H groups in total. The van der Waals surface area contributed by atoms with Crippen molar-refractivity contribution in [1.82, 2.24) is 0 Å². The highest BCUT2D eigenvalue weighted by Crippen LogP contribution is 2.51. The van der Waals surface area contributed by atoms with Crippen molar-refractivity contribution in [3.8, 4) is 0 Å². The first-order chi connectivity index (χ1) is 8.65. The third-order valence-electron chi connectivity index (χ3n) is 3.71. The largest absolute Gasteiger partial charge is 0.0815 e. The minimum atomic E-state index is 0.607. The zero-order valence-corrected chi connectivity index (χ0v) is 12.5. The molecule has 1 aliphatic heterocycles. The molecule has 1 aromatic carbocycles. The Bertz CT molecular complexity index is 564. The normalized spacial score (nSPS) is 22.3. The number of allylic oxidation sites excluding steroid dienone is 5. The Hall–Kier alpha value is -0.860. The van der Waals surface area contributed by atoms with Crippen LogP contribution in [0, 0.1) is 5.92 Å². The molecule has 18 heavy (non-hydrogen) atoms. The average Bonchev–Trinajstić information content (AvgIpc) is 2.87. The lowest BCUT2D eigenvalue weighted by molar-refractivity contribution is 0.819. The summed E-state index contributed by atoms with van der Waals surface area (Å²) < 4.78 is 1.39. The van der Waals surface area contributed by atoms with Crippen molar-refractivity contribution in [3.63, 3.8) is 0 Å². The molecule has 2 aliphatic rings. The molecule has 0 fully saturated rings. The van der Waals surface area contributed by atoms with Gasteiger partial charge in [0.1, 0.15) is 0 Å². The smallest absolute Gasteiger partial charge is 0.0505 e. The van der Waals surface area contributed by atoms with Gasteiger partial charge in [-0.05, 0) is 43.5 Å². The summed E-state index contributed by atoms with van der Waals surface area (Å²) in [5.41, 5.74) is 4.38. The molecule has 0 saturated carbocycles. The summed E-state index contributed by atoms with van der Waals surface area (Å²) in [5.74, 6) is 0.607. The maximum atomic E-state index is 2.34. The Morgan fingerprint density at radius 3 is 2.17 bits per heavy atom. The summed E-state index contributed by atoms with van der Waals surface area (Å²) in [7, 11) is 0. The van der Waals surface area contributed by atoms with Crippen molar-refractivity contribution < 1.29 is 0 Å². The van der Waals surface area contributed by atoms with Crippen molar-refractivity contribution >= 4 is 23.5 Å². The van der Waals surface area contributed by atoms with E-state index in [2.05, 4.69) is 57.2 Å². The average molecular weight is 272 g/mol. The molecular weight excluding hydrogens is 256 g/mol. The van der Waals surface area contributed by atoms with E-state index in [1.807, 2.05) is 23.5 Å². The van der Waals surface area contributed by atoms with E-state index in [0.717, 1.165) is 0 Å². The van der Waals surface area contributed by atoms with E-state index < -0.39 is 0 Å². The number of rotatable bonds is 1. The van der Waals surface area contributed by atoms with Crippen LogP contribution in [-0.4, -0.2) is 0 Å². The van der Waals surface area contributed by atoms with Crippen LogP contribution in [0.4, 0.5) is 0 Å². The van der Waals surface area contributed by atoms with Crippen LogP contribution in [0.2, 0.25) is 0 Å². The van der Waals surface area contributed by atoms with Crippen LogP contribution in [-0.2, 0) is 0 Å². The van der Waals surface area contributed by atoms with Gasteiger partial charge < -0.3 is 0 Å². The lowest BCUT2D eigenvalue weighted by atomic mass is 10.00. The maximum Gasteiger partial charge on any atom is 0.0505 e. The fourth-order valence-corrected chi connectivity index (χ4v) is 4.66. The monoisotopic (exact) mass is 272 g/mol. The molecule has 1 heterocycles. The predicted octanol–water partition coefficient (Wildman–Crippen LogP) is 5.64. The van der Waals surface area contributed by atoms with Crippen molar-refractivity contribution in [2.24, 2.45) is 5.92 Å². The first-order valence-corrected chi connectivity index (χ1v) is 7.84. The van der Waals surface area contributed by atoms with Crippen LogP contribution in [0.3, 0.4) is 0 Å². The topological polar surface area (TPSA) is 0 Å². The van der Waals surface area contributed by atoms with Crippen LogP contribution < -0.4 is 0 Å². The molecule has 1 unspecified atom stereocenters. The first-order valence-electron chi connectivity index (χ1n) is 6.20. The molecule has 0 radical (unpaired) electrons. The molecule has 0 amide bonds. The second kappa shape index (κ2) is 4.67. The lowest BCUT2D eigenvalue weighted by Gasteiger charge is -2.06. The van der Waals surface area contributed by atoms with Gasteiger partial charge in [-0.1, -0.05) is 59.8 Å². The van der Waals surface area contributed by atoms with Crippen LogP contribution in [0.5, 0.6) is 0 Å². The molecule has 0 spiro atoms. The Morgan fingerprint density at radius 2 is 1.67 bits per heavy atom. The number of thioether (sulfide) groups is 2. The zero-order chi connectivity index (χ0) is 12.7. The maximum absolute atomic E-state index is 2.34. The Morgan fingerprint density at radius 1 is 1.06 bits per heavy atom. The third kappa shape index (κ3) is 2.08. The third-order valence-corrected chi connectivity index (χ3v) is 6.13. The Labute approximate surface area is 117 Å². The standard InChI is InChI=1S/C16H16S2/c1-10-8-13(12(3)11(10)2)9-16-17-14-6-4-5-7-15(14)18-16/h4-9,11H,1-3H3.